The minimum absolute atomic E-state index is 0.321. The fourth-order valence-corrected chi connectivity index (χ4v) is 2.99. The van der Waals surface area contributed by atoms with Crippen LogP contribution in [0.4, 0.5) is 0 Å². The maximum Gasteiger partial charge on any atom is 0.329 e. The van der Waals surface area contributed by atoms with Gasteiger partial charge in [0.25, 0.3) is 5.91 Å². The highest BCUT2D eigenvalue weighted by Crippen LogP contribution is 2.32. The van der Waals surface area contributed by atoms with Gasteiger partial charge in [-0.05, 0) is 51.3 Å². The topological polar surface area (TPSA) is 66.4 Å². The number of carbonyl (C=O) groups is 2. The normalized spacial score (nSPS) is 14.1. The Morgan fingerprint density at radius 1 is 1.53 bits per heavy atom. The van der Waals surface area contributed by atoms with Crippen molar-refractivity contribution in [3.05, 3.63) is 19.2 Å². The SMILES string of the molecule is CCC(C)(NC(=O)c1cc(Br)c(Br)s1)C(=O)O. The zero-order valence-corrected chi connectivity index (χ0v) is 13.2. The lowest BCUT2D eigenvalue weighted by Crippen LogP contribution is -2.51. The van der Waals surface area contributed by atoms with E-state index in [1.165, 1.54) is 18.3 Å². The van der Waals surface area contributed by atoms with Gasteiger partial charge >= 0.3 is 5.97 Å². The first-order valence-corrected chi connectivity index (χ1v) is 7.21. The number of hydrogen-bond acceptors (Lipinski definition) is 3. The maximum atomic E-state index is 11.9. The molecule has 0 radical (unpaired) electrons. The first kappa shape index (κ1) is 14.7. The van der Waals surface area contributed by atoms with E-state index in [-0.39, 0.29) is 5.91 Å². The van der Waals surface area contributed by atoms with Gasteiger partial charge in [0.1, 0.15) is 5.54 Å². The van der Waals surface area contributed by atoms with Gasteiger partial charge in [-0.1, -0.05) is 6.92 Å². The second-order valence-corrected chi connectivity index (χ2v) is 6.90. The fraction of sp³-hybridized carbons (Fsp3) is 0.400. The van der Waals surface area contributed by atoms with Crippen LogP contribution in [0.1, 0.15) is 29.9 Å². The van der Waals surface area contributed by atoms with E-state index in [4.69, 9.17) is 5.11 Å². The predicted octanol–water partition coefficient (Wildman–Crippen LogP) is 3.26. The van der Waals surface area contributed by atoms with E-state index in [0.717, 1.165) is 8.26 Å². The van der Waals surface area contributed by atoms with Crippen molar-refractivity contribution in [2.75, 3.05) is 0 Å². The van der Waals surface area contributed by atoms with Crippen LogP contribution in [0.15, 0.2) is 14.3 Å². The summed E-state index contributed by atoms with van der Waals surface area (Å²) in [5.74, 6) is -1.42. The summed E-state index contributed by atoms with van der Waals surface area (Å²) in [6.07, 6.45) is 0.321. The number of aliphatic carboxylic acids is 1. The molecule has 17 heavy (non-hydrogen) atoms. The first-order valence-electron chi connectivity index (χ1n) is 4.81. The maximum absolute atomic E-state index is 11.9. The van der Waals surface area contributed by atoms with Gasteiger partial charge in [-0.2, -0.15) is 0 Å². The smallest absolute Gasteiger partial charge is 0.329 e. The molecule has 1 aromatic rings. The lowest BCUT2D eigenvalue weighted by atomic mass is 9.99. The zero-order valence-electron chi connectivity index (χ0n) is 9.21. The lowest BCUT2D eigenvalue weighted by Gasteiger charge is -2.24. The molecule has 0 bridgehead atoms. The van der Waals surface area contributed by atoms with Gasteiger partial charge in [-0.15, -0.1) is 11.3 Å². The van der Waals surface area contributed by atoms with Crippen molar-refractivity contribution in [1.82, 2.24) is 5.32 Å². The number of halogens is 2. The molecule has 0 saturated heterocycles. The second kappa shape index (κ2) is 5.49. The summed E-state index contributed by atoms with van der Waals surface area (Å²) in [5, 5.41) is 11.6. The highest BCUT2D eigenvalue weighted by atomic mass is 79.9. The van der Waals surface area contributed by atoms with Crippen LogP contribution in [-0.2, 0) is 4.79 Å². The van der Waals surface area contributed by atoms with Crippen LogP contribution in [0.3, 0.4) is 0 Å². The number of rotatable bonds is 4. The summed E-state index contributed by atoms with van der Waals surface area (Å²) >= 11 is 7.81. The van der Waals surface area contributed by atoms with E-state index < -0.39 is 11.5 Å². The third kappa shape index (κ3) is 3.29. The standard InChI is InChI=1S/C10H11Br2NO3S/c1-3-10(2,9(15)16)13-8(14)6-4-5(11)7(12)17-6/h4H,3H2,1-2H3,(H,13,14)(H,15,16). The summed E-state index contributed by atoms with van der Waals surface area (Å²) in [5.41, 5.74) is -1.24. The number of nitrogens with one attached hydrogen (secondary N) is 1. The highest BCUT2D eigenvalue weighted by molar-refractivity contribution is 9.13. The molecule has 1 amide bonds. The number of carbonyl (C=O) groups excluding carboxylic acids is 1. The predicted molar refractivity (Wildman–Crippen MR) is 73.5 cm³/mol. The average Bonchev–Trinajstić information content (AvgIpc) is 2.59. The number of hydrogen-bond donors (Lipinski definition) is 2. The summed E-state index contributed by atoms with van der Waals surface area (Å²) in [7, 11) is 0. The quantitative estimate of drug-likeness (QED) is 0.837. The lowest BCUT2D eigenvalue weighted by molar-refractivity contribution is -0.143. The first-order chi connectivity index (χ1) is 7.80. The molecule has 1 heterocycles. The van der Waals surface area contributed by atoms with E-state index in [1.807, 2.05) is 0 Å². The molecule has 0 aliphatic carbocycles. The van der Waals surface area contributed by atoms with Gasteiger partial charge < -0.3 is 10.4 Å². The number of amides is 1. The third-order valence-electron chi connectivity index (χ3n) is 2.44. The molecule has 1 unspecified atom stereocenters. The van der Waals surface area contributed by atoms with Crippen molar-refractivity contribution in [2.45, 2.75) is 25.8 Å². The average molecular weight is 385 g/mol. The van der Waals surface area contributed by atoms with E-state index in [1.54, 1.807) is 13.0 Å². The minimum Gasteiger partial charge on any atom is -0.480 e. The Morgan fingerprint density at radius 3 is 2.47 bits per heavy atom. The van der Waals surface area contributed by atoms with Crippen molar-refractivity contribution < 1.29 is 14.7 Å². The summed E-state index contributed by atoms with van der Waals surface area (Å²) in [6, 6.07) is 1.65. The van der Waals surface area contributed by atoms with Crippen molar-refractivity contribution in [3.8, 4) is 0 Å². The Balaban J connectivity index is 2.89. The molecule has 1 atom stereocenters. The van der Waals surface area contributed by atoms with Crippen LogP contribution in [-0.4, -0.2) is 22.5 Å². The molecular formula is C10H11Br2NO3S. The number of carboxylic acids is 1. The van der Waals surface area contributed by atoms with Crippen molar-refractivity contribution in [3.63, 3.8) is 0 Å². The number of thiophene rings is 1. The molecule has 1 aromatic heterocycles. The Hall–Kier alpha value is -0.400. The molecule has 0 aliphatic heterocycles. The van der Waals surface area contributed by atoms with Crippen molar-refractivity contribution in [1.29, 1.82) is 0 Å². The van der Waals surface area contributed by atoms with E-state index in [2.05, 4.69) is 37.2 Å². The summed E-state index contributed by atoms with van der Waals surface area (Å²) < 4.78 is 1.58. The molecule has 2 N–H and O–H groups in total. The Bertz CT molecular complexity index is 441. The minimum atomic E-state index is -1.24. The molecule has 0 aliphatic rings. The van der Waals surface area contributed by atoms with Gasteiger partial charge in [0.2, 0.25) is 0 Å². The number of carboxylic acid groups (broad SMARTS) is 1. The Morgan fingerprint density at radius 2 is 2.12 bits per heavy atom. The Kier molecular flexibility index (Phi) is 4.74. The van der Waals surface area contributed by atoms with Gasteiger partial charge in [-0.3, -0.25) is 4.79 Å². The van der Waals surface area contributed by atoms with E-state index in [9.17, 15) is 9.59 Å². The van der Waals surface area contributed by atoms with E-state index >= 15 is 0 Å². The molecular weight excluding hydrogens is 374 g/mol. The summed E-state index contributed by atoms with van der Waals surface area (Å²) in [6.45, 7) is 3.21. The van der Waals surface area contributed by atoms with Crippen LogP contribution in [0.25, 0.3) is 0 Å². The van der Waals surface area contributed by atoms with Gasteiger partial charge in [0.05, 0.1) is 8.66 Å². The molecule has 4 nitrogen and oxygen atoms in total. The third-order valence-corrected chi connectivity index (χ3v) is 5.69. The largest absolute Gasteiger partial charge is 0.480 e. The molecule has 7 heteroatoms. The Labute approximate surface area is 120 Å². The van der Waals surface area contributed by atoms with Crippen molar-refractivity contribution in [2.24, 2.45) is 0 Å². The molecule has 0 fully saturated rings. The van der Waals surface area contributed by atoms with E-state index in [0.29, 0.717) is 11.3 Å². The molecule has 0 aromatic carbocycles. The van der Waals surface area contributed by atoms with Crippen LogP contribution >= 0.6 is 43.2 Å². The summed E-state index contributed by atoms with van der Waals surface area (Å²) in [4.78, 5) is 23.4. The molecule has 0 spiro atoms. The van der Waals surface area contributed by atoms with Crippen LogP contribution in [0.2, 0.25) is 0 Å². The molecule has 1 rings (SSSR count). The zero-order chi connectivity index (χ0) is 13.2. The van der Waals surface area contributed by atoms with Crippen LogP contribution in [0.5, 0.6) is 0 Å². The van der Waals surface area contributed by atoms with Crippen LogP contribution in [0, 0.1) is 0 Å². The fourth-order valence-electron chi connectivity index (χ4n) is 1.06. The van der Waals surface area contributed by atoms with Gasteiger partial charge in [-0.25, -0.2) is 4.79 Å². The highest BCUT2D eigenvalue weighted by Gasteiger charge is 2.33. The molecule has 94 valence electrons. The van der Waals surface area contributed by atoms with Crippen LogP contribution < -0.4 is 5.32 Å². The second-order valence-electron chi connectivity index (χ2n) is 3.68. The van der Waals surface area contributed by atoms with Gasteiger partial charge in [0.15, 0.2) is 0 Å². The van der Waals surface area contributed by atoms with Gasteiger partial charge in [0, 0.05) is 4.47 Å². The monoisotopic (exact) mass is 383 g/mol. The van der Waals surface area contributed by atoms with Crippen molar-refractivity contribution >= 4 is 55.1 Å². The molecule has 0 saturated carbocycles.